The van der Waals surface area contributed by atoms with E-state index in [0.29, 0.717) is 70.0 Å². The van der Waals surface area contributed by atoms with E-state index in [4.69, 9.17) is 28.4 Å². The highest BCUT2D eigenvalue weighted by molar-refractivity contribution is 7.81. The molecule has 1 saturated heterocycles. The van der Waals surface area contributed by atoms with Gasteiger partial charge in [-0.15, -0.1) is 0 Å². The normalized spacial score (nSPS) is 25.9. The minimum absolute atomic E-state index is 0.0223. The number of cyclic esters (lactones) is 1. The van der Waals surface area contributed by atoms with Crippen molar-refractivity contribution in [3.8, 4) is 0 Å². The first-order chi connectivity index (χ1) is 26.5. The van der Waals surface area contributed by atoms with E-state index in [1.165, 1.54) is 5.57 Å². The highest BCUT2D eigenvalue weighted by atomic mass is 32.1. The fourth-order valence-electron chi connectivity index (χ4n) is 7.41. The molecule has 55 heavy (non-hydrogen) atoms. The van der Waals surface area contributed by atoms with Crippen LogP contribution in [0.3, 0.4) is 0 Å². The third-order valence-electron chi connectivity index (χ3n) is 10.7. The molecule has 0 bridgehead atoms. The quantitative estimate of drug-likeness (QED) is 0.0341. The molecule has 1 heterocycles. The molecule has 1 aliphatic heterocycles. The van der Waals surface area contributed by atoms with Gasteiger partial charge in [0.15, 0.2) is 0 Å². The smallest absolute Gasteiger partial charge is 0.407 e. The van der Waals surface area contributed by atoms with Crippen molar-refractivity contribution >= 4 is 49.2 Å². The molecule has 2 amide bonds. The van der Waals surface area contributed by atoms with Gasteiger partial charge in [0.2, 0.25) is 5.91 Å². The summed E-state index contributed by atoms with van der Waals surface area (Å²) in [6.45, 7) is 11.3. The van der Waals surface area contributed by atoms with E-state index in [9.17, 15) is 19.2 Å². The largest absolute Gasteiger partial charge is 0.462 e. The summed E-state index contributed by atoms with van der Waals surface area (Å²) in [6, 6.07) is 0. The van der Waals surface area contributed by atoms with E-state index in [1.807, 2.05) is 13.8 Å². The summed E-state index contributed by atoms with van der Waals surface area (Å²) in [5, 5.41) is 5.91. The SMILES string of the molecule is CCC(C)C(=O)OC1CC(C)C=C2C=CC(C)C(CCC3CC(OC(=O)NCCOCCOCCOCCNC(=O)CCCCC(S)CCS)CC(=O)O3)C21. The molecule has 1 fully saturated rings. The molecule has 314 valence electrons. The molecular formula is C41H68N2O10S2. The van der Waals surface area contributed by atoms with E-state index in [-0.39, 0.29) is 73.3 Å². The Morgan fingerprint density at radius 3 is 2.31 bits per heavy atom. The molecule has 0 spiro atoms. The van der Waals surface area contributed by atoms with Crippen molar-refractivity contribution in [3.63, 3.8) is 0 Å². The molecule has 2 N–H and O–H groups in total. The maximum absolute atomic E-state index is 12.8. The van der Waals surface area contributed by atoms with Crippen LogP contribution in [0.15, 0.2) is 23.8 Å². The zero-order valence-corrected chi connectivity index (χ0v) is 35.3. The molecule has 0 radical (unpaired) electrons. The van der Waals surface area contributed by atoms with Gasteiger partial charge in [-0.2, -0.15) is 25.3 Å². The van der Waals surface area contributed by atoms with Crippen molar-refractivity contribution in [2.24, 2.45) is 29.6 Å². The number of nitrogens with one attached hydrogen (secondary N) is 2. The van der Waals surface area contributed by atoms with Crippen molar-refractivity contribution < 1.29 is 47.6 Å². The highest BCUT2D eigenvalue weighted by Gasteiger charge is 2.42. The standard InChI is InChI=1S/C41H68N2O10S2/c1-5-29(3)40(46)53-36-25-28(2)24-31-11-10-30(4)35(39(31)36)13-12-32-26-33(27-38(45)51-32)52-41(47)43-16-18-49-20-22-50-21-19-48-17-15-42-37(44)9-7-6-8-34(55)14-23-54/h10-11,24,28-30,32-36,39,54-55H,5-9,12-23,25-27H2,1-4H3,(H,42,44)(H,43,47). The third-order valence-corrected chi connectivity index (χ3v) is 11.4. The molecule has 3 rings (SSSR count). The first kappa shape index (κ1) is 47.1. The molecular weight excluding hydrogens is 745 g/mol. The number of unbranched alkanes of at least 4 members (excludes halogenated alkanes) is 1. The predicted octanol–water partition coefficient (Wildman–Crippen LogP) is 6.27. The lowest BCUT2D eigenvalue weighted by atomic mass is 9.65. The van der Waals surface area contributed by atoms with Crippen molar-refractivity contribution in [2.45, 2.75) is 122 Å². The van der Waals surface area contributed by atoms with Crippen molar-refractivity contribution in [2.75, 3.05) is 58.5 Å². The van der Waals surface area contributed by atoms with E-state index in [2.05, 4.69) is 68.0 Å². The second-order valence-electron chi connectivity index (χ2n) is 15.3. The van der Waals surface area contributed by atoms with Gasteiger partial charge < -0.3 is 39.1 Å². The number of thiol groups is 2. The van der Waals surface area contributed by atoms with Crippen LogP contribution in [0.1, 0.15) is 98.3 Å². The molecule has 0 aromatic rings. The Bertz CT molecular complexity index is 1240. The fraction of sp³-hybridized carbons (Fsp3) is 0.805. The molecule has 12 nitrogen and oxygen atoms in total. The number of ether oxygens (including phenoxy) is 6. The Balaban J connectivity index is 1.24. The Morgan fingerprint density at radius 1 is 0.927 bits per heavy atom. The molecule has 2 aliphatic carbocycles. The topological polar surface area (TPSA) is 148 Å². The van der Waals surface area contributed by atoms with E-state index < -0.39 is 12.2 Å². The average Bonchev–Trinajstić information content (AvgIpc) is 3.14. The van der Waals surface area contributed by atoms with Crippen LogP contribution in [0.5, 0.6) is 0 Å². The Kier molecular flexibility index (Phi) is 22.8. The first-order valence-corrected chi connectivity index (χ1v) is 21.7. The van der Waals surface area contributed by atoms with Crippen molar-refractivity contribution in [3.05, 3.63) is 23.8 Å². The van der Waals surface area contributed by atoms with Crippen LogP contribution < -0.4 is 10.6 Å². The molecule has 9 unspecified atom stereocenters. The van der Waals surface area contributed by atoms with Crippen LogP contribution in [0, 0.1) is 29.6 Å². The lowest BCUT2D eigenvalue weighted by Gasteiger charge is -2.43. The van der Waals surface area contributed by atoms with Crippen LogP contribution in [0.4, 0.5) is 4.79 Å². The van der Waals surface area contributed by atoms with Crippen LogP contribution in [0.25, 0.3) is 0 Å². The van der Waals surface area contributed by atoms with Gasteiger partial charge >= 0.3 is 18.0 Å². The maximum Gasteiger partial charge on any atom is 0.407 e. The lowest BCUT2D eigenvalue weighted by molar-refractivity contribution is -0.162. The number of carbonyl (C=O) groups is 4. The second-order valence-corrected chi connectivity index (χ2v) is 16.4. The fourth-order valence-corrected chi connectivity index (χ4v) is 8.24. The predicted molar refractivity (Wildman–Crippen MR) is 218 cm³/mol. The van der Waals surface area contributed by atoms with Gasteiger partial charge in [0.05, 0.1) is 52.0 Å². The number of hydrogen-bond acceptors (Lipinski definition) is 12. The number of carbonyl (C=O) groups excluding carboxylic acids is 4. The molecule has 3 aliphatic rings. The van der Waals surface area contributed by atoms with Crippen LogP contribution >= 0.6 is 25.3 Å². The first-order valence-electron chi connectivity index (χ1n) is 20.5. The maximum atomic E-state index is 12.8. The summed E-state index contributed by atoms with van der Waals surface area (Å²) in [4.78, 5) is 49.8. The molecule has 0 aromatic heterocycles. The number of fused-ring (bicyclic) bond motifs is 1. The minimum Gasteiger partial charge on any atom is -0.462 e. The van der Waals surface area contributed by atoms with Gasteiger partial charge in [0, 0.05) is 37.1 Å². The van der Waals surface area contributed by atoms with Gasteiger partial charge in [-0.3, -0.25) is 14.4 Å². The molecule has 0 aromatic carbocycles. The molecule has 0 saturated carbocycles. The number of allylic oxidation sites excluding steroid dienone is 3. The monoisotopic (exact) mass is 812 g/mol. The third kappa shape index (κ3) is 18.3. The summed E-state index contributed by atoms with van der Waals surface area (Å²) in [7, 11) is 0. The minimum atomic E-state index is -0.596. The summed E-state index contributed by atoms with van der Waals surface area (Å²) in [6.07, 6.45) is 12.8. The zero-order valence-electron chi connectivity index (χ0n) is 33.5. The Hall–Kier alpha value is -2.26. The Labute approximate surface area is 340 Å². The molecule has 9 atom stereocenters. The summed E-state index contributed by atoms with van der Waals surface area (Å²) < 4.78 is 34.0. The Morgan fingerprint density at radius 2 is 1.62 bits per heavy atom. The van der Waals surface area contributed by atoms with Crippen LogP contribution in [0.2, 0.25) is 0 Å². The number of hydrogen-bond donors (Lipinski definition) is 4. The van der Waals surface area contributed by atoms with E-state index in [1.54, 1.807) is 0 Å². The van der Waals surface area contributed by atoms with Gasteiger partial charge in [-0.25, -0.2) is 4.79 Å². The van der Waals surface area contributed by atoms with E-state index >= 15 is 0 Å². The van der Waals surface area contributed by atoms with Gasteiger partial charge in [0.25, 0.3) is 0 Å². The second kappa shape index (κ2) is 26.6. The number of alkyl carbamates (subject to hydrolysis) is 1. The average molecular weight is 813 g/mol. The zero-order chi connectivity index (χ0) is 40.0. The van der Waals surface area contributed by atoms with Crippen LogP contribution in [-0.4, -0.2) is 106 Å². The van der Waals surface area contributed by atoms with E-state index in [0.717, 1.165) is 50.7 Å². The molecule has 14 heteroatoms. The van der Waals surface area contributed by atoms with Gasteiger partial charge in [-0.05, 0) is 74.0 Å². The van der Waals surface area contributed by atoms with Gasteiger partial charge in [-0.1, -0.05) is 52.3 Å². The summed E-state index contributed by atoms with van der Waals surface area (Å²) in [5.41, 5.74) is 1.23. The van der Waals surface area contributed by atoms with Gasteiger partial charge in [0.1, 0.15) is 18.3 Å². The van der Waals surface area contributed by atoms with Crippen molar-refractivity contribution in [1.29, 1.82) is 0 Å². The number of rotatable bonds is 26. The van der Waals surface area contributed by atoms with Crippen molar-refractivity contribution in [1.82, 2.24) is 10.6 Å². The number of amides is 2. The van der Waals surface area contributed by atoms with Crippen LogP contribution in [-0.2, 0) is 42.8 Å². The lowest BCUT2D eigenvalue weighted by Crippen LogP contribution is -2.42. The number of esters is 2. The summed E-state index contributed by atoms with van der Waals surface area (Å²) in [5.74, 6) is 1.14. The summed E-state index contributed by atoms with van der Waals surface area (Å²) >= 11 is 8.73. The highest BCUT2D eigenvalue weighted by Crippen LogP contribution is 2.45.